The maximum atomic E-state index is 12.3. The fraction of sp³-hybridized carbons (Fsp3) is 0.600. The van der Waals surface area contributed by atoms with Gasteiger partial charge in [0.05, 0.1) is 16.3 Å². The van der Waals surface area contributed by atoms with Gasteiger partial charge >= 0.3 is 0 Å². The van der Waals surface area contributed by atoms with Gasteiger partial charge in [0, 0.05) is 19.0 Å². The highest BCUT2D eigenvalue weighted by molar-refractivity contribution is 7.91. The maximum absolute atomic E-state index is 12.3. The largest absolute Gasteiger partial charge is 0.373 e. The molecule has 0 spiro atoms. The molecule has 0 N–H and O–H groups in total. The van der Waals surface area contributed by atoms with Gasteiger partial charge in [-0.2, -0.15) is 0 Å². The fourth-order valence-corrected chi connectivity index (χ4v) is 4.79. The lowest BCUT2D eigenvalue weighted by Gasteiger charge is -2.35. The lowest BCUT2D eigenvalue weighted by Crippen LogP contribution is -2.35. The second-order valence-corrected chi connectivity index (χ2v) is 8.30. The highest BCUT2D eigenvalue weighted by Gasteiger charge is 2.29. The molecule has 0 aliphatic heterocycles. The lowest BCUT2D eigenvalue weighted by molar-refractivity contribution is 0.329. The molecule has 1 aliphatic carbocycles. The Hall–Kier alpha value is -0.740. The third-order valence-corrected chi connectivity index (χ3v) is 6.11. The first-order valence-electron chi connectivity index (χ1n) is 7.11. The molecule has 2 rings (SSSR count). The van der Waals surface area contributed by atoms with E-state index in [1.165, 1.54) is 0 Å². The molecular weight excluding hydrogens is 294 g/mol. The summed E-state index contributed by atoms with van der Waals surface area (Å²) in [5.74, 6) is 0.773. The molecule has 1 aromatic rings. The molecule has 0 radical (unpaired) electrons. The molecule has 1 saturated carbocycles. The summed E-state index contributed by atoms with van der Waals surface area (Å²) >= 11 is 6.00. The number of hydrogen-bond donors (Lipinski definition) is 0. The van der Waals surface area contributed by atoms with E-state index in [2.05, 4.69) is 4.90 Å². The number of sulfone groups is 1. The van der Waals surface area contributed by atoms with E-state index < -0.39 is 9.84 Å². The van der Waals surface area contributed by atoms with Gasteiger partial charge < -0.3 is 4.90 Å². The van der Waals surface area contributed by atoms with E-state index in [0.717, 1.165) is 25.1 Å². The zero-order valence-electron chi connectivity index (χ0n) is 12.0. The van der Waals surface area contributed by atoms with Gasteiger partial charge in [-0.05, 0) is 37.3 Å². The Morgan fingerprint density at radius 2 is 1.95 bits per heavy atom. The van der Waals surface area contributed by atoms with Gasteiger partial charge in [-0.3, -0.25) is 0 Å². The van der Waals surface area contributed by atoms with E-state index in [9.17, 15) is 8.42 Å². The van der Waals surface area contributed by atoms with Crippen molar-refractivity contribution < 1.29 is 8.42 Å². The van der Waals surface area contributed by atoms with Crippen molar-refractivity contribution in [2.75, 3.05) is 24.2 Å². The van der Waals surface area contributed by atoms with Gasteiger partial charge in [0.1, 0.15) is 0 Å². The van der Waals surface area contributed by atoms with E-state index in [1.54, 1.807) is 12.1 Å². The maximum Gasteiger partial charge on any atom is 0.180 e. The van der Waals surface area contributed by atoms with Crippen LogP contribution in [0.1, 0.15) is 26.2 Å². The minimum Gasteiger partial charge on any atom is -0.373 e. The van der Waals surface area contributed by atoms with Gasteiger partial charge in [0.25, 0.3) is 0 Å². The molecule has 5 heteroatoms. The van der Waals surface area contributed by atoms with E-state index in [-0.39, 0.29) is 5.75 Å². The van der Waals surface area contributed by atoms with Gasteiger partial charge in [0.2, 0.25) is 0 Å². The number of nitrogens with zero attached hydrogens (tertiary/aromatic N) is 1. The summed E-state index contributed by atoms with van der Waals surface area (Å²) in [6.45, 7) is 2.75. The highest BCUT2D eigenvalue weighted by atomic mass is 35.5. The van der Waals surface area contributed by atoms with Crippen LogP contribution in [0.15, 0.2) is 29.2 Å². The molecule has 1 fully saturated rings. The SMILES string of the molecule is CCCS(=O)(=O)c1ccccc1N(C)CC1CC(Cl)C1. The third kappa shape index (κ3) is 3.47. The molecule has 20 heavy (non-hydrogen) atoms. The molecule has 3 nitrogen and oxygen atoms in total. The monoisotopic (exact) mass is 315 g/mol. The summed E-state index contributed by atoms with van der Waals surface area (Å²) in [5.41, 5.74) is 0.805. The highest BCUT2D eigenvalue weighted by Crippen LogP contribution is 2.34. The molecule has 0 bridgehead atoms. The first kappa shape index (κ1) is 15.6. The molecule has 0 atom stereocenters. The second-order valence-electron chi connectivity index (χ2n) is 5.60. The van der Waals surface area contributed by atoms with E-state index in [4.69, 9.17) is 11.6 Å². The number of halogens is 1. The van der Waals surface area contributed by atoms with Crippen LogP contribution < -0.4 is 4.90 Å². The predicted octanol–water partition coefficient (Wildman–Crippen LogP) is 3.32. The Morgan fingerprint density at radius 3 is 2.55 bits per heavy atom. The van der Waals surface area contributed by atoms with Crippen molar-refractivity contribution in [2.24, 2.45) is 5.92 Å². The van der Waals surface area contributed by atoms with Crippen LogP contribution in [-0.4, -0.2) is 33.1 Å². The zero-order valence-corrected chi connectivity index (χ0v) is 13.6. The molecule has 112 valence electrons. The number of anilines is 1. The van der Waals surface area contributed by atoms with Crippen LogP contribution in [0.4, 0.5) is 5.69 Å². The first-order chi connectivity index (χ1) is 9.44. The van der Waals surface area contributed by atoms with Crippen LogP contribution >= 0.6 is 11.6 Å². The Kier molecular flexibility index (Phi) is 4.97. The van der Waals surface area contributed by atoms with E-state index in [1.807, 2.05) is 26.1 Å². The van der Waals surface area contributed by atoms with Crippen molar-refractivity contribution in [1.29, 1.82) is 0 Å². The summed E-state index contributed by atoms with van der Waals surface area (Å²) in [7, 11) is -1.23. The number of rotatable bonds is 6. The second kappa shape index (κ2) is 6.35. The first-order valence-corrected chi connectivity index (χ1v) is 9.20. The molecule has 0 heterocycles. The van der Waals surface area contributed by atoms with Crippen LogP contribution in [0.3, 0.4) is 0 Å². The van der Waals surface area contributed by atoms with E-state index >= 15 is 0 Å². The van der Waals surface area contributed by atoms with Crippen molar-refractivity contribution in [1.82, 2.24) is 0 Å². The van der Waals surface area contributed by atoms with Crippen LogP contribution in [0.5, 0.6) is 0 Å². The average molecular weight is 316 g/mol. The van der Waals surface area contributed by atoms with Gasteiger partial charge in [0.15, 0.2) is 9.84 Å². The molecule has 1 aromatic carbocycles. The standard InChI is InChI=1S/C15H22ClNO2S/c1-3-8-20(18,19)15-7-5-4-6-14(15)17(2)11-12-9-13(16)10-12/h4-7,12-13H,3,8-11H2,1-2H3. The van der Waals surface area contributed by atoms with Crippen molar-refractivity contribution in [2.45, 2.75) is 36.5 Å². The molecule has 0 unspecified atom stereocenters. The minimum absolute atomic E-state index is 0.199. The number of hydrogen-bond acceptors (Lipinski definition) is 3. The molecule has 0 aromatic heterocycles. The van der Waals surface area contributed by atoms with Crippen molar-refractivity contribution in [3.63, 3.8) is 0 Å². The predicted molar refractivity (Wildman–Crippen MR) is 84.4 cm³/mol. The lowest BCUT2D eigenvalue weighted by atomic mass is 9.84. The molecule has 0 saturated heterocycles. The van der Waals surface area contributed by atoms with Crippen molar-refractivity contribution in [3.05, 3.63) is 24.3 Å². The summed E-state index contributed by atoms with van der Waals surface area (Å²) in [6.07, 6.45) is 2.68. The Morgan fingerprint density at radius 1 is 1.30 bits per heavy atom. The Balaban J connectivity index is 2.19. The zero-order chi connectivity index (χ0) is 14.8. The van der Waals surface area contributed by atoms with Gasteiger partial charge in [-0.15, -0.1) is 11.6 Å². The summed E-state index contributed by atoms with van der Waals surface area (Å²) in [6, 6.07) is 7.28. The van der Waals surface area contributed by atoms with Crippen molar-refractivity contribution >= 4 is 27.1 Å². The van der Waals surface area contributed by atoms with Gasteiger partial charge in [-0.25, -0.2) is 8.42 Å². The smallest absolute Gasteiger partial charge is 0.180 e. The van der Waals surface area contributed by atoms with Crippen LogP contribution in [0.2, 0.25) is 0 Å². The summed E-state index contributed by atoms with van der Waals surface area (Å²) < 4.78 is 24.7. The minimum atomic E-state index is -3.19. The quantitative estimate of drug-likeness (QED) is 0.756. The van der Waals surface area contributed by atoms with E-state index in [0.29, 0.717) is 22.6 Å². The molecule has 0 amide bonds. The Labute approximate surface area is 126 Å². The fourth-order valence-electron chi connectivity index (χ4n) is 2.70. The molecule has 1 aliphatic rings. The molecular formula is C15H22ClNO2S. The average Bonchev–Trinajstić information content (AvgIpc) is 2.37. The third-order valence-electron chi connectivity index (χ3n) is 3.79. The number of para-hydroxylation sites is 1. The van der Waals surface area contributed by atoms with Crippen LogP contribution in [-0.2, 0) is 9.84 Å². The number of alkyl halides is 1. The number of benzene rings is 1. The van der Waals surface area contributed by atoms with Crippen molar-refractivity contribution in [3.8, 4) is 0 Å². The summed E-state index contributed by atoms with van der Waals surface area (Å²) in [5, 5.41) is 0.299. The normalized spacial score (nSPS) is 22.4. The Bertz CT molecular complexity index is 553. The summed E-state index contributed by atoms with van der Waals surface area (Å²) in [4.78, 5) is 2.50. The topological polar surface area (TPSA) is 37.4 Å². The van der Waals surface area contributed by atoms with Crippen LogP contribution in [0.25, 0.3) is 0 Å². The van der Waals surface area contributed by atoms with Crippen LogP contribution in [0, 0.1) is 5.92 Å². The van der Waals surface area contributed by atoms with Gasteiger partial charge in [-0.1, -0.05) is 19.1 Å².